The van der Waals surface area contributed by atoms with Gasteiger partial charge in [-0.15, -0.1) is 21.8 Å². The molecule has 0 aliphatic heterocycles. The lowest BCUT2D eigenvalue weighted by atomic mass is 10.0. The van der Waals surface area contributed by atoms with E-state index in [-0.39, 0.29) is 24.1 Å². The summed E-state index contributed by atoms with van der Waals surface area (Å²) in [5, 5.41) is 11.3. The zero-order valence-corrected chi connectivity index (χ0v) is 16.0. The first-order valence-electron chi connectivity index (χ1n) is 8.14. The van der Waals surface area contributed by atoms with Crippen molar-refractivity contribution in [1.29, 1.82) is 0 Å². The lowest BCUT2D eigenvalue weighted by molar-refractivity contribution is -0.119. The molecule has 8 heteroatoms. The molecule has 0 saturated carbocycles. The van der Waals surface area contributed by atoms with E-state index >= 15 is 0 Å². The van der Waals surface area contributed by atoms with Crippen LogP contribution in [0.5, 0.6) is 0 Å². The molecule has 2 aromatic carbocycles. The van der Waals surface area contributed by atoms with Crippen LogP contribution < -0.4 is 5.32 Å². The van der Waals surface area contributed by atoms with Gasteiger partial charge in [-0.1, -0.05) is 41.9 Å². The van der Waals surface area contributed by atoms with E-state index in [1.165, 1.54) is 6.92 Å². The number of alkyl halides is 1. The number of rotatable bonds is 6. The first kappa shape index (κ1) is 19.1. The van der Waals surface area contributed by atoms with E-state index in [1.54, 1.807) is 47.0 Å². The van der Waals surface area contributed by atoms with Crippen LogP contribution in [0.25, 0.3) is 5.69 Å². The van der Waals surface area contributed by atoms with Crippen LogP contribution >= 0.6 is 23.2 Å². The van der Waals surface area contributed by atoms with Crippen molar-refractivity contribution in [3.63, 3.8) is 0 Å². The molecule has 0 fully saturated rings. The number of aromatic nitrogens is 3. The standard InChI is InChI=1S/C19H16Cl2N4O2/c1-12(26)22-11-18-24-23-17(10-20)25(18)16-8-7-14(21)9-15(16)19(27)13-5-3-2-4-6-13/h2-9H,10-11H2,1H3,(H,22,26). The largest absolute Gasteiger partial charge is 0.349 e. The fraction of sp³-hybridized carbons (Fsp3) is 0.158. The molecule has 27 heavy (non-hydrogen) atoms. The van der Waals surface area contributed by atoms with E-state index in [1.807, 2.05) is 6.07 Å². The lowest BCUT2D eigenvalue weighted by Gasteiger charge is -2.14. The molecule has 0 aliphatic carbocycles. The quantitative estimate of drug-likeness (QED) is 0.505. The third kappa shape index (κ3) is 4.18. The number of nitrogens with zero attached hydrogens (tertiary/aromatic N) is 3. The van der Waals surface area contributed by atoms with Crippen molar-refractivity contribution in [2.24, 2.45) is 0 Å². The minimum Gasteiger partial charge on any atom is -0.349 e. The summed E-state index contributed by atoms with van der Waals surface area (Å²) in [6.07, 6.45) is 0. The van der Waals surface area contributed by atoms with Crippen molar-refractivity contribution in [2.75, 3.05) is 0 Å². The first-order valence-corrected chi connectivity index (χ1v) is 9.05. The Hall–Kier alpha value is -2.70. The minimum absolute atomic E-state index is 0.0919. The summed E-state index contributed by atoms with van der Waals surface area (Å²) >= 11 is 12.2. The second-order valence-corrected chi connectivity index (χ2v) is 6.47. The van der Waals surface area contributed by atoms with E-state index in [4.69, 9.17) is 23.2 Å². The SMILES string of the molecule is CC(=O)NCc1nnc(CCl)n1-c1ccc(Cl)cc1C(=O)c1ccccc1. The van der Waals surface area contributed by atoms with E-state index < -0.39 is 0 Å². The predicted octanol–water partition coefficient (Wildman–Crippen LogP) is 3.53. The number of carbonyl (C=O) groups excluding carboxylic acids is 2. The molecule has 6 nitrogen and oxygen atoms in total. The van der Waals surface area contributed by atoms with Crippen molar-refractivity contribution in [3.8, 4) is 5.69 Å². The third-order valence-corrected chi connectivity index (χ3v) is 4.37. The number of benzene rings is 2. The monoisotopic (exact) mass is 402 g/mol. The third-order valence-electron chi connectivity index (χ3n) is 3.89. The molecule has 1 N–H and O–H groups in total. The molecule has 0 saturated heterocycles. The molecular weight excluding hydrogens is 387 g/mol. The second-order valence-electron chi connectivity index (χ2n) is 5.77. The Morgan fingerprint density at radius 2 is 1.78 bits per heavy atom. The van der Waals surface area contributed by atoms with Gasteiger partial charge in [-0.2, -0.15) is 0 Å². The number of ketones is 1. The molecular formula is C19H16Cl2N4O2. The Kier molecular flexibility index (Phi) is 5.88. The fourth-order valence-electron chi connectivity index (χ4n) is 2.67. The number of nitrogens with one attached hydrogen (secondary N) is 1. The normalized spacial score (nSPS) is 10.6. The summed E-state index contributed by atoms with van der Waals surface area (Å²) < 4.78 is 1.68. The minimum atomic E-state index is -0.200. The molecule has 0 atom stereocenters. The maximum Gasteiger partial charge on any atom is 0.217 e. The van der Waals surface area contributed by atoms with Gasteiger partial charge in [0.2, 0.25) is 5.91 Å². The van der Waals surface area contributed by atoms with Crippen LogP contribution in [0.4, 0.5) is 0 Å². The Morgan fingerprint density at radius 1 is 1.07 bits per heavy atom. The molecule has 138 valence electrons. The smallest absolute Gasteiger partial charge is 0.217 e. The zero-order chi connectivity index (χ0) is 19.4. The summed E-state index contributed by atoms with van der Waals surface area (Å²) in [4.78, 5) is 24.4. The van der Waals surface area contributed by atoms with Crippen LogP contribution in [0, 0.1) is 0 Å². The summed E-state index contributed by atoms with van der Waals surface area (Å²) in [5.41, 5.74) is 1.48. The molecule has 0 bridgehead atoms. The number of halogens is 2. The Morgan fingerprint density at radius 3 is 2.44 bits per heavy atom. The molecule has 3 aromatic rings. The summed E-state index contributed by atoms with van der Waals surface area (Å²) in [7, 11) is 0. The second kappa shape index (κ2) is 8.33. The van der Waals surface area contributed by atoms with Crippen LogP contribution in [-0.2, 0) is 17.2 Å². The van der Waals surface area contributed by atoms with Crippen LogP contribution in [0.2, 0.25) is 5.02 Å². The van der Waals surface area contributed by atoms with Gasteiger partial charge in [0, 0.05) is 23.1 Å². The molecule has 1 aromatic heterocycles. The van der Waals surface area contributed by atoms with E-state index in [9.17, 15) is 9.59 Å². The number of hydrogen-bond donors (Lipinski definition) is 1. The highest BCUT2D eigenvalue weighted by molar-refractivity contribution is 6.31. The average molecular weight is 403 g/mol. The molecule has 1 amide bonds. The Bertz CT molecular complexity index is 987. The highest BCUT2D eigenvalue weighted by Gasteiger charge is 2.21. The maximum atomic E-state index is 13.1. The van der Waals surface area contributed by atoms with Crippen LogP contribution in [0.3, 0.4) is 0 Å². The van der Waals surface area contributed by atoms with Crippen molar-refractivity contribution >= 4 is 34.9 Å². The van der Waals surface area contributed by atoms with E-state index in [2.05, 4.69) is 15.5 Å². The van der Waals surface area contributed by atoms with Gasteiger partial charge < -0.3 is 5.32 Å². The predicted molar refractivity (Wildman–Crippen MR) is 103 cm³/mol. The summed E-state index contributed by atoms with van der Waals surface area (Å²) in [6, 6.07) is 13.9. The molecule has 3 rings (SSSR count). The van der Waals surface area contributed by atoms with Gasteiger partial charge in [-0.25, -0.2) is 0 Å². The highest BCUT2D eigenvalue weighted by Crippen LogP contribution is 2.25. The Balaban J connectivity index is 2.14. The highest BCUT2D eigenvalue weighted by atomic mass is 35.5. The topological polar surface area (TPSA) is 76.9 Å². The van der Waals surface area contributed by atoms with Gasteiger partial charge in [-0.3, -0.25) is 14.2 Å². The Labute approximate surface area is 166 Å². The van der Waals surface area contributed by atoms with Crippen molar-refractivity contribution in [1.82, 2.24) is 20.1 Å². The van der Waals surface area contributed by atoms with Crippen molar-refractivity contribution in [2.45, 2.75) is 19.3 Å². The van der Waals surface area contributed by atoms with Crippen LogP contribution in [-0.4, -0.2) is 26.5 Å². The number of carbonyl (C=O) groups is 2. The molecule has 0 unspecified atom stereocenters. The maximum absolute atomic E-state index is 13.1. The van der Waals surface area contributed by atoms with E-state index in [0.29, 0.717) is 33.5 Å². The van der Waals surface area contributed by atoms with Gasteiger partial charge in [-0.05, 0) is 18.2 Å². The van der Waals surface area contributed by atoms with Gasteiger partial charge in [0.05, 0.1) is 18.1 Å². The van der Waals surface area contributed by atoms with Crippen molar-refractivity contribution < 1.29 is 9.59 Å². The lowest BCUT2D eigenvalue weighted by Crippen LogP contribution is -2.22. The fourth-order valence-corrected chi connectivity index (χ4v) is 3.01. The first-order chi connectivity index (χ1) is 13.0. The van der Waals surface area contributed by atoms with Crippen LogP contribution in [0.1, 0.15) is 34.5 Å². The zero-order valence-electron chi connectivity index (χ0n) is 14.4. The number of hydrogen-bond acceptors (Lipinski definition) is 4. The molecule has 0 spiro atoms. The molecule has 1 heterocycles. The van der Waals surface area contributed by atoms with E-state index in [0.717, 1.165) is 0 Å². The van der Waals surface area contributed by atoms with Gasteiger partial charge in [0.1, 0.15) is 0 Å². The van der Waals surface area contributed by atoms with Gasteiger partial charge in [0.15, 0.2) is 17.4 Å². The van der Waals surface area contributed by atoms with Crippen molar-refractivity contribution in [3.05, 3.63) is 76.3 Å². The summed E-state index contributed by atoms with van der Waals surface area (Å²) in [6.45, 7) is 1.57. The van der Waals surface area contributed by atoms with Crippen LogP contribution in [0.15, 0.2) is 48.5 Å². The summed E-state index contributed by atoms with van der Waals surface area (Å²) in [5.74, 6) is 0.627. The van der Waals surface area contributed by atoms with Gasteiger partial charge in [0.25, 0.3) is 0 Å². The number of amides is 1. The van der Waals surface area contributed by atoms with Gasteiger partial charge >= 0.3 is 0 Å². The molecule has 0 radical (unpaired) electrons. The average Bonchev–Trinajstić information content (AvgIpc) is 3.09. The molecule has 0 aliphatic rings.